The Morgan fingerprint density at radius 1 is 1.25 bits per heavy atom. The molecule has 0 aliphatic heterocycles. The van der Waals surface area contributed by atoms with E-state index in [4.69, 9.17) is 4.74 Å². The van der Waals surface area contributed by atoms with Gasteiger partial charge in [0.05, 0.1) is 12.2 Å². The molecule has 28 heavy (non-hydrogen) atoms. The predicted molar refractivity (Wildman–Crippen MR) is 120 cm³/mol. The lowest BCUT2D eigenvalue weighted by Crippen LogP contribution is -2.29. The van der Waals surface area contributed by atoms with Crippen LogP contribution in [0.5, 0.6) is 5.75 Å². The van der Waals surface area contributed by atoms with E-state index in [1.807, 2.05) is 25.1 Å². The van der Waals surface area contributed by atoms with Gasteiger partial charge in [0.1, 0.15) is 5.75 Å². The van der Waals surface area contributed by atoms with E-state index in [0.717, 1.165) is 23.8 Å². The van der Waals surface area contributed by atoms with Crippen molar-refractivity contribution in [2.75, 3.05) is 6.61 Å². The summed E-state index contributed by atoms with van der Waals surface area (Å²) in [7, 11) is 0. The molecule has 2 atom stereocenters. The van der Waals surface area contributed by atoms with Crippen molar-refractivity contribution in [1.29, 1.82) is 0 Å². The second-order valence-electron chi connectivity index (χ2n) is 8.41. The lowest BCUT2D eigenvalue weighted by atomic mass is 9.65. The fraction of sp³-hybridized carbons (Fsp3) is 0.500. The average Bonchev–Trinajstić information content (AvgIpc) is 2.65. The van der Waals surface area contributed by atoms with Crippen LogP contribution in [0.15, 0.2) is 48.1 Å². The minimum atomic E-state index is 0.207. The van der Waals surface area contributed by atoms with E-state index in [2.05, 4.69) is 58.9 Å². The molecule has 0 N–H and O–H groups in total. The van der Waals surface area contributed by atoms with Crippen LogP contribution in [-0.4, -0.2) is 12.9 Å². The smallest absolute Gasteiger partial charge is 0.153 e. The first-order valence-electron chi connectivity index (χ1n) is 10.7. The maximum absolute atomic E-state index is 11.3. The maximum Gasteiger partial charge on any atom is 0.153 e. The molecule has 0 bridgehead atoms. The molecule has 2 nitrogen and oxygen atoms in total. The number of hydrogen-bond acceptors (Lipinski definition) is 2. The standard InChI is InChI=1S/C26H36O2/c1-7-16-26(6,19(3)4)24-15-14-21(11-9-10-20(24)5)22-12-13-23(18-27)25(17-22)28-8-2/h9,11-15,17-20H,7-8,10,16H2,1-6H3. The second-order valence-corrected chi connectivity index (χ2v) is 8.41. The van der Waals surface area contributed by atoms with Crippen LogP contribution in [0.1, 0.15) is 76.7 Å². The first-order valence-corrected chi connectivity index (χ1v) is 10.7. The Kier molecular flexibility index (Phi) is 7.86. The third-order valence-electron chi connectivity index (χ3n) is 6.24. The normalized spacial score (nSPS) is 19.3. The molecule has 1 aromatic rings. The average molecular weight is 381 g/mol. The number of benzene rings is 1. The van der Waals surface area contributed by atoms with Gasteiger partial charge < -0.3 is 4.74 Å². The van der Waals surface area contributed by atoms with Crippen LogP contribution < -0.4 is 4.74 Å². The predicted octanol–water partition coefficient (Wildman–Crippen LogP) is 7.27. The molecule has 0 saturated heterocycles. The van der Waals surface area contributed by atoms with Gasteiger partial charge in [0.25, 0.3) is 0 Å². The van der Waals surface area contributed by atoms with Crippen molar-refractivity contribution in [3.05, 3.63) is 59.2 Å². The van der Waals surface area contributed by atoms with Crippen molar-refractivity contribution in [3.63, 3.8) is 0 Å². The van der Waals surface area contributed by atoms with Gasteiger partial charge in [0, 0.05) is 0 Å². The molecule has 0 fully saturated rings. The molecule has 0 heterocycles. The Morgan fingerprint density at radius 3 is 2.61 bits per heavy atom. The minimum absolute atomic E-state index is 0.207. The monoisotopic (exact) mass is 380 g/mol. The molecule has 1 aliphatic carbocycles. The molecular formula is C26H36O2. The van der Waals surface area contributed by atoms with Crippen LogP contribution in [0.25, 0.3) is 5.57 Å². The summed E-state index contributed by atoms with van der Waals surface area (Å²) in [6, 6.07) is 5.84. The summed E-state index contributed by atoms with van der Waals surface area (Å²) in [5.41, 5.74) is 4.59. The summed E-state index contributed by atoms with van der Waals surface area (Å²) in [4.78, 5) is 11.3. The lowest BCUT2D eigenvalue weighted by molar-refractivity contribution is 0.112. The van der Waals surface area contributed by atoms with Crippen molar-refractivity contribution in [2.45, 2.75) is 60.8 Å². The first kappa shape index (κ1) is 22.2. The highest BCUT2D eigenvalue weighted by Crippen LogP contribution is 2.45. The quantitative estimate of drug-likeness (QED) is 0.443. The van der Waals surface area contributed by atoms with E-state index < -0.39 is 0 Å². The van der Waals surface area contributed by atoms with Gasteiger partial charge in [-0.25, -0.2) is 0 Å². The zero-order valence-corrected chi connectivity index (χ0v) is 18.4. The molecule has 0 aromatic heterocycles. The molecule has 2 unspecified atom stereocenters. The Morgan fingerprint density at radius 2 is 2.00 bits per heavy atom. The summed E-state index contributed by atoms with van der Waals surface area (Å²) < 4.78 is 5.67. The van der Waals surface area contributed by atoms with Crippen molar-refractivity contribution in [1.82, 2.24) is 0 Å². The Balaban J connectivity index is 2.51. The van der Waals surface area contributed by atoms with Crippen LogP contribution >= 0.6 is 0 Å². The number of carbonyl (C=O) groups is 1. The van der Waals surface area contributed by atoms with E-state index in [1.165, 1.54) is 12.8 Å². The van der Waals surface area contributed by atoms with Gasteiger partial charge in [0.15, 0.2) is 6.29 Å². The van der Waals surface area contributed by atoms with Crippen LogP contribution in [0, 0.1) is 17.3 Å². The van der Waals surface area contributed by atoms with Gasteiger partial charge >= 0.3 is 0 Å². The number of allylic oxidation sites excluding steroid dienone is 6. The first-order chi connectivity index (χ1) is 13.4. The van der Waals surface area contributed by atoms with Gasteiger partial charge in [-0.1, -0.05) is 77.0 Å². The fourth-order valence-electron chi connectivity index (χ4n) is 4.25. The Labute approximate surface area is 171 Å². The summed E-state index contributed by atoms with van der Waals surface area (Å²) in [5, 5.41) is 0. The number of rotatable bonds is 8. The molecule has 0 radical (unpaired) electrons. The SMILES string of the molecule is CCCC(C)(C1=CC=C(c2ccc(C=O)c(OCC)c2)C=CCC1C)C(C)C. The largest absolute Gasteiger partial charge is 0.493 e. The van der Waals surface area contributed by atoms with Gasteiger partial charge in [-0.2, -0.15) is 0 Å². The third kappa shape index (κ3) is 4.84. The van der Waals surface area contributed by atoms with Gasteiger partial charge in [-0.3, -0.25) is 4.79 Å². The van der Waals surface area contributed by atoms with Crippen molar-refractivity contribution in [3.8, 4) is 5.75 Å². The molecule has 0 spiro atoms. The van der Waals surface area contributed by atoms with Crippen LogP contribution in [0.2, 0.25) is 0 Å². The highest BCUT2D eigenvalue weighted by Gasteiger charge is 2.33. The highest BCUT2D eigenvalue weighted by molar-refractivity contribution is 5.83. The zero-order valence-electron chi connectivity index (χ0n) is 18.4. The van der Waals surface area contributed by atoms with Crippen LogP contribution in [-0.2, 0) is 0 Å². The van der Waals surface area contributed by atoms with Crippen molar-refractivity contribution >= 4 is 11.9 Å². The Bertz CT molecular complexity index is 767. The summed E-state index contributed by atoms with van der Waals surface area (Å²) in [6.07, 6.45) is 13.4. The second kappa shape index (κ2) is 9.91. The highest BCUT2D eigenvalue weighted by atomic mass is 16.5. The lowest BCUT2D eigenvalue weighted by Gasteiger charge is -2.39. The van der Waals surface area contributed by atoms with E-state index in [9.17, 15) is 4.79 Å². The molecule has 2 rings (SSSR count). The third-order valence-corrected chi connectivity index (χ3v) is 6.24. The van der Waals surface area contributed by atoms with E-state index in [1.54, 1.807) is 5.57 Å². The maximum atomic E-state index is 11.3. The Hall–Kier alpha value is -2.09. The van der Waals surface area contributed by atoms with Crippen LogP contribution in [0.3, 0.4) is 0 Å². The molecule has 2 heteroatoms. The van der Waals surface area contributed by atoms with Gasteiger partial charge in [-0.15, -0.1) is 0 Å². The molecule has 0 amide bonds. The molecule has 152 valence electrons. The van der Waals surface area contributed by atoms with Crippen molar-refractivity contribution < 1.29 is 9.53 Å². The summed E-state index contributed by atoms with van der Waals surface area (Å²) in [5.74, 6) is 1.78. The minimum Gasteiger partial charge on any atom is -0.493 e. The number of carbonyl (C=O) groups excluding carboxylic acids is 1. The zero-order chi connectivity index (χ0) is 20.7. The fourth-order valence-corrected chi connectivity index (χ4v) is 4.25. The number of hydrogen-bond donors (Lipinski definition) is 0. The van der Waals surface area contributed by atoms with E-state index in [-0.39, 0.29) is 5.41 Å². The van der Waals surface area contributed by atoms with Gasteiger partial charge in [-0.05, 0) is 60.3 Å². The topological polar surface area (TPSA) is 26.3 Å². The van der Waals surface area contributed by atoms with Crippen LogP contribution in [0.4, 0.5) is 0 Å². The van der Waals surface area contributed by atoms with Crippen molar-refractivity contribution in [2.24, 2.45) is 17.3 Å². The van der Waals surface area contributed by atoms with Gasteiger partial charge in [0.2, 0.25) is 0 Å². The molecule has 1 aliphatic rings. The number of aldehydes is 1. The summed E-state index contributed by atoms with van der Waals surface area (Å²) >= 11 is 0. The van der Waals surface area contributed by atoms with E-state index >= 15 is 0 Å². The molecule has 0 saturated carbocycles. The molecule has 1 aromatic carbocycles. The van der Waals surface area contributed by atoms with E-state index in [0.29, 0.717) is 29.8 Å². The summed E-state index contributed by atoms with van der Waals surface area (Å²) in [6.45, 7) is 14.2. The number of ether oxygens (including phenoxy) is 1. The molecular weight excluding hydrogens is 344 g/mol.